The third-order valence-electron chi connectivity index (χ3n) is 2.64. The summed E-state index contributed by atoms with van der Waals surface area (Å²) in [6.45, 7) is 2.95. The van der Waals surface area contributed by atoms with E-state index < -0.39 is 0 Å². The van der Waals surface area contributed by atoms with Gasteiger partial charge in [-0.2, -0.15) is 0 Å². The van der Waals surface area contributed by atoms with Crippen LogP contribution in [0.25, 0.3) is 0 Å². The SMILES string of the molecule is CCOC(=O)CCCN[C@@H](CO)c1ccccc1. The molecule has 0 aliphatic heterocycles. The second-order valence-electron chi connectivity index (χ2n) is 4.01. The van der Waals surface area contributed by atoms with E-state index in [1.807, 2.05) is 30.3 Å². The molecule has 0 aliphatic rings. The number of hydrogen-bond acceptors (Lipinski definition) is 4. The van der Waals surface area contributed by atoms with E-state index in [1.54, 1.807) is 6.92 Å². The van der Waals surface area contributed by atoms with Crippen LogP contribution in [-0.4, -0.2) is 30.8 Å². The summed E-state index contributed by atoms with van der Waals surface area (Å²) in [5.41, 5.74) is 1.05. The van der Waals surface area contributed by atoms with Crippen molar-refractivity contribution >= 4 is 5.97 Å². The normalized spacial score (nSPS) is 12.1. The summed E-state index contributed by atoms with van der Waals surface area (Å²) in [4.78, 5) is 11.1. The average Bonchev–Trinajstić information content (AvgIpc) is 2.40. The molecule has 0 saturated heterocycles. The molecule has 0 amide bonds. The number of carbonyl (C=O) groups is 1. The summed E-state index contributed by atoms with van der Waals surface area (Å²) in [5.74, 6) is -0.167. The molecule has 0 saturated carbocycles. The zero-order chi connectivity index (χ0) is 13.2. The molecule has 2 N–H and O–H groups in total. The van der Waals surface area contributed by atoms with Gasteiger partial charge in [0, 0.05) is 6.42 Å². The molecule has 0 heterocycles. The highest BCUT2D eigenvalue weighted by molar-refractivity contribution is 5.69. The molecule has 4 nitrogen and oxygen atoms in total. The van der Waals surface area contributed by atoms with Crippen molar-refractivity contribution in [2.24, 2.45) is 0 Å². The molecule has 1 aromatic rings. The van der Waals surface area contributed by atoms with Crippen molar-refractivity contribution in [3.63, 3.8) is 0 Å². The Morgan fingerprint density at radius 2 is 2.11 bits per heavy atom. The molecule has 100 valence electrons. The first-order chi connectivity index (χ1) is 8.77. The lowest BCUT2D eigenvalue weighted by atomic mass is 10.1. The van der Waals surface area contributed by atoms with Crippen LogP contribution in [0.5, 0.6) is 0 Å². The highest BCUT2D eigenvalue weighted by atomic mass is 16.5. The Bertz CT molecular complexity index is 340. The van der Waals surface area contributed by atoms with E-state index in [0.29, 0.717) is 26.0 Å². The van der Waals surface area contributed by atoms with Gasteiger partial charge < -0.3 is 15.2 Å². The number of aliphatic hydroxyl groups excluding tert-OH is 1. The fraction of sp³-hybridized carbons (Fsp3) is 0.500. The van der Waals surface area contributed by atoms with Gasteiger partial charge in [-0.25, -0.2) is 0 Å². The van der Waals surface area contributed by atoms with Gasteiger partial charge >= 0.3 is 5.97 Å². The molecule has 4 heteroatoms. The van der Waals surface area contributed by atoms with Gasteiger partial charge in [0.15, 0.2) is 0 Å². The summed E-state index contributed by atoms with van der Waals surface area (Å²) in [5, 5.41) is 12.5. The molecule has 0 aliphatic carbocycles. The largest absolute Gasteiger partial charge is 0.466 e. The minimum atomic E-state index is -0.167. The van der Waals surface area contributed by atoms with E-state index in [1.165, 1.54) is 0 Å². The van der Waals surface area contributed by atoms with Crippen LogP contribution in [-0.2, 0) is 9.53 Å². The molecule has 0 unspecified atom stereocenters. The van der Waals surface area contributed by atoms with Crippen LogP contribution in [0.2, 0.25) is 0 Å². The van der Waals surface area contributed by atoms with Crippen molar-refractivity contribution in [2.45, 2.75) is 25.8 Å². The minimum Gasteiger partial charge on any atom is -0.466 e. The van der Waals surface area contributed by atoms with Crippen molar-refractivity contribution in [1.82, 2.24) is 5.32 Å². The molecule has 0 aromatic heterocycles. The van der Waals surface area contributed by atoms with Gasteiger partial charge in [-0.05, 0) is 25.5 Å². The average molecular weight is 251 g/mol. The summed E-state index contributed by atoms with van der Waals surface area (Å²) < 4.78 is 4.84. The van der Waals surface area contributed by atoms with Gasteiger partial charge in [0.2, 0.25) is 0 Å². The van der Waals surface area contributed by atoms with Crippen molar-refractivity contribution in [3.8, 4) is 0 Å². The summed E-state index contributed by atoms with van der Waals surface area (Å²) >= 11 is 0. The van der Waals surface area contributed by atoms with E-state index in [2.05, 4.69) is 5.32 Å². The van der Waals surface area contributed by atoms with Crippen LogP contribution < -0.4 is 5.32 Å². The van der Waals surface area contributed by atoms with Gasteiger partial charge in [-0.3, -0.25) is 4.79 Å². The lowest BCUT2D eigenvalue weighted by molar-refractivity contribution is -0.143. The number of carbonyl (C=O) groups excluding carboxylic acids is 1. The first-order valence-corrected chi connectivity index (χ1v) is 6.32. The Morgan fingerprint density at radius 3 is 2.72 bits per heavy atom. The van der Waals surface area contributed by atoms with Gasteiger partial charge in [-0.1, -0.05) is 30.3 Å². The number of hydrogen-bond donors (Lipinski definition) is 2. The number of esters is 1. The first-order valence-electron chi connectivity index (χ1n) is 6.32. The van der Waals surface area contributed by atoms with E-state index >= 15 is 0 Å². The van der Waals surface area contributed by atoms with E-state index in [0.717, 1.165) is 5.56 Å². The van der Waals surface area contributed by atoms with Gasteiger partial charge in [0.1, 0.15) is 0 Å². The van der Waals surface area contributed by atoms with Crippen LogP contribution in [0.1, 0.15) is 31.4 Å². The second-order valence-corrected chi connectivity index (χ2v) is 4.01. The number of benzene rings is 1. The predicted octanol–water partition coefficient (Wildman–Crippen LogP) is 1.65. The smallest absolute Gasteiger partial charge is 0.305 e. The maximum absolute atomic E-state index is 11.1. The standard InChI is InChI=1S/C14H21NO3/c1-2-18-14(17)9-6-10-15-13(11-16)12-7-4-3-5-8-12/h3-5,7-8,13,15-16H,2,6,9-11H2,1H3/t13-/m0/s1. The van der Waals surface area contributed by atoms with Crippen LogP contribution in [0.15, 0.2) is 30.3 Å². The van der Waals surface area contributed by atoms with Crippen LogP contribution in [0, 0.1) is 0 Å². The summed E-state index contributed by atoms with van der Waals surface area (Å²) in [7, 11) is 0. The summed E-state index contributed by atoms with van der Waals surface area (Å²) in [6.07, 6.45) is 1.12. The highest BCUT2D eigenvalue weighted by Crippen LogP contribution is 2.11. The van der Waals surface area contributed by atoms with Crippen LogP contribution >= 0.6 is 0 Å². The number of nitrogens with one attached hydrogen (secondary N) is 1. The predicted molar refractivity (Wildman–Crippen MR) is 70.1 cm³/mol. The van der Waals surface area contributed by atoms with Crippen molar-refractivity contribution in [2.75, 3.05) is 19.8 Å². The van der Waals surface area contributed by atoms with Crippen LogP contribution in [0.3, 0.4) is 0 Å². The third-order valence-corrected chi connectivity index (χ3v) is 2.64. The van der Waals surface area contributed by atoms with E-state index in [4.69, 9.17) is 4.74 Å². The molecular weight excluding hydrogens is 230 g/mol. The van der Waals surface area contributed by atoms with Gasteiger partial charge in [-0.15, -0.1) is 0 Å². The Morgan fingerprint density at radius 1 is 1.39 bits per heavy atom. The second kappa shape index (κ2) is 8.66. The fourth-order valence-electron chi connectivity index (χ4n) is 1.72. The van der Waals surface area contributed by atoms with E-state index in [-0.39, 0.29) is 18.6 Å². The minimum absolute atomic E-state index is 0.0451. The molecular formula is C14H21NO3. The lowest BCUT2D eigenvalue weighted by Gasteiger charge is -2.16. The molecule has 0 fully saturated rings. The molecule has 0 spiro atoms. The van der Waals surface area contributed by atoms with Crippen LogP contribution in [0.4, 0.5) is 0 Å². The van der Waals surface area contributed by atoms with Gasteiger partial charge in [0.05, 0.1) is 19.3 Å². The third kappa shape index (κ3) is 5.29. The lowest BCUT2D eigenvalue weighted by Crippen LogP contribution is -2.25. The molecule has 0 bridgehead atoms. The Balaban J connectivity index is 2.26. The number of aliphatic hydroxyl groups is 1. The van der Waals surface area contributed by atoms with Crippen molar-refractivity contribution < 1.29 is 14.6 Å². The molecule has 0 radical (unpaired) electrons. The molecule has 1 rings (SSSR count). The fourth-order valence-corrected chi connectivity index (χ4v) is 1.72. The maximum Gasteiger partial charge on any atom is 0.305 e. The molecule has 18 heavy (non-hydrogen) atoms. The van der Waals surface area contributed by atoms with Crippen molar-refractivity contribution in [1.29, 1.82) is 0 Å². The molecule has 1 atom stereocenters. The molecule has 1 aromatic carbocycles. The Kier molecular flexibility index (Phi) is 7.06. The van der Waals surface area contributed by atoms with E-state index in [9.17, 15) is 9.90 Å². The maximum atomic E-state index is 11.1. The zero-order valence-electron chi connectivity index (χ0n) is 10.8. The van der Waals surface area contributed by atoms with Gasteiger partial charge in [0.25, 0.3) is 0 Å². The highest BCUT2D eigenvalue weighted by Gasteiger charge is 2.09. The quantitative estimate of drug-likeness (QED) is 0.545. The topological polar surface area (TPSA) is 58.6 Å². The monoisotopic (exact) mass is 251 g/mol. The Labute approximate surface area is 108 Å². The number of ether oxygens (including phenoxy) is 1. The number of rotatable bonds is 8. The Hall–Kier alpha value is -1.39. The zero-order valence-corrected chi connectivity index (χ0v) is 10.8. The summed E-state index contributed by atoms with van der Waals surface area (Å²) in [6, 6.07) is 9.70. The first kappa shape index (κ1) is 14.7. The van der Waals surface area contributed by atoms with Crippen molar-refractivity contribution in [3.05, 3.63) is 35.9 Å².